The fourth-order valence-corrected chi connectivity index (χ4v) is 3.92. The number of anilines is 2. The Kier molecular flexibility index (Phi) is 8.51. The summed E-state index contributed by atoms with van der Waals surface area (Å²) in [4.78, 5) is 26.6. The second-order valence-electron chi connectivity index (χ2n) is 8.66. The van der Waals surface area contributed by atoms with Crippen LogP contribution in [0.5, 0.6) is 0 Å². The van der Waals surface area contributed by atoms with Crippen molar-refractivity contribution >= 4 is 23.2 Å². The van der Waals surface area contributed by atoms with Crippen LogP contribution in [0.15, 0.2) is 48.5 Å². The molecule has 0 atom stereocenters. The molecule has 1 aliphatic heterocycles. The van der Waals surface area contributed by atoms with Crippen LogP contribution in [0.1, 0.15) is 63.0 Å². The highest BCUT2D eigenvalue weighted by Gasteiger charge is 2.13. The molecule has 0 spiro atoms. The Morgan fingerprint density at radius 1 is 0.871 bits per heavy atom. The van der Waals surface area contributed by atoms with Gasteiger partial charge < -0.3 is 15.5 Å². The van der Waals surface area contributed by atoms with Crippen LogP contribution in [-0.4, -0.2) is 31.4 Å². The molecule has 5 heteroatoms. The van der Waals surface area contributed by atoms with E-state index in [1.807, 2.05) is 24.3 Å². The van der Waals surface area contributed by atoms with Gasteiger partial charge in [-0.25, -0.2) is 0 Å². The monoisotopic (exact) mass is 421 g/mol. The third-order valence-corrected chi connectivity index (χ3v) is 5.88. The molecule has 1 aliphatic rings. The maximum atomic E-state index is 12.1. The van der Waals surface area contributed by atoms with Gasteiger partial charge in [-0.05, 0) is 67.0 Å². The lowest BCUT2D eigenvalue weighted by molar-refractivity contribution is -0.136. The summed E-state index contributed by atoms with van der Waals surface area (Å²) >= 11 is 0. The molecule has 31 heavy (non-hydrogen) atoms. The number of carbonyl (C=O) groups excluding carboxylic acids is 2. The van der Waals surface area contributed by atoms with Crippen molar-refractivity contribution in [2.24, 2.45) is 0 Å². The summed E-state index contributed by atoms with van der Waals surface area (Å²) in [6.07, 6.45) is 6.89. The zero-order valence-electron chi connectivity index (χ0n) is 18.8. The van der Waals surface area contributed by atoms with Crippen LogP contribution >= 0.6 is 0 Å². The highest BCUT2D eigenvalue weighted by atomic mass is 16.2. The predicted octanol–water partition coefficient (Wildman–Crippen LogP) is 4.88. The molecule has 1 saturated heterocycles. The number of hydrogen-bond acceptors (Lipinski definition) is 3. The van der Waals surface area contributed by atoms with Crippen LogP contribution in [0, 0.1) is 0 Å². The van der Waals surface area contributed by atoms with Crippen LogP contribution in [-0.2, 0) is 16.0 Å². The molecule has 166 valence electrons. The van der Waals surface area contributed by atoms with Gasteiger partial charge in [-0.15, -0.1) is 0 Å². The van der Waals surface area contributed by atoms with Crippen molar-refractivity contribution in [3.8, 4) is 0 Å². The molecule has 2 N–H and O–H groups in total. The van der Waals surface area contributed by atoms with Crippen LogP contribution in [0.2, 0.25) is 0 Å². The Balaban J connectivity index is 1.37. The number of rotatable bonds is 7. The van der Waals surface area contributed by atoms with Gasteiger partial charge in [-0.2, -0.15) is 0 Å². The fraction of sp³-hybridized carbons (Fsp3) is 0.462. The maximum Gasteiger partial charge on any atom is 0.313 e. The van der Waals surface area contributed by atoms with E-state index in [-0.39, 0.29) is 0 Å². The minimum atomic E-state index is -0.626. The van der Waals surface area contributed by atoms with Gasteiger partial charge in [0, 0.05) is 31.0 Å². The molecule has 0 saturated carbocycles. The van der Waals surface area contributed by atoms with Gasteiger partial charge in [0.2, 0.25) is 0 Å². The van der Waals surface area contributed by atoms with Gasteiger partial charge in [0.1, 0.15) is 0 Å². The Morgan fingerprint density at radius 3 is 2.13 bits per heavy atom. The van der Waals surface area contributed by atoms with Gasteiger partial charge in [-0.1, -0.05) is 51.0 Å². The number of nitrogens with one attached hydrogen (secondary N) is 2. The quantitative estimate of drug-likeness (QED) is 0.495. The molecule has 0 aliphatic carbocycles. The van der Waals surface area contributed by atoms with Crippen LogP contribution < -0.4 is 15.5 Å². The van der Waals surface area contributed by atoms with Crippen molar-refractivity contribution in [1.82, 2.24) is 5.32 Å². The summed E-state index contributed by atoms with van der Waals surface area (Å²) in [6.45, 7) is 7.01. The van der Waals surface area contributed by atoms with Crippen molar-refractivity contribution < 1.29 is 9.59 Å². The van der Waals surface area contributed by atoms with Crippen molar-refractivity contribution in [2.45, 2.75) is 58.3 Å². The van der Waals surface area contributed by atoms with E-state index in [1.54, 1.807) is 0 Å². The van der Waals surface area contributed by atoms with E-state index in [4.69, 9.17) is 0 Å². The summed E-state index contributed by atoms with van der Waals surface area (Å²) in [5.41, 5.74) is 4.38. The lowest BCUT2D eigenvalue weighted by atomic mass is 10.0. The predicted molar refractivity (Wildman–Crippen MR) is 128 cm³/mol. The number of amides is 2. The van der Waals surface area contributed by atoms with Crippen molar-refractivity contribution in [1.29, 1.82) is 0 Å². The number of aryl methyl sites for hydroxylation is 1. The number of carbonyl (C=O) groups is 2. The normalized spacial score (nSPS) is 14.2. The van der Waals surface area contributed by atoms with Gasteiger partial charge in [-0.3, -0.25) is 9.59 Å². The number of benzene rings is 2. The highest BCUT2D eigenvalue weighted by Crippen LogP contribution is 2.20. The lowest BCUT2D eigenvalue weighted by Gasteiger charge is -2.22. The summed E-state index contributed by atoms with van der Waals surface area (Å²) in [5.74, 6) is -0.790. The zero-order valence-corrected chi connectivity index (χ0v) is 18.8. The molecule has 0 radical (unpaired) electrons. The first kappa shape index (κ1) is 22.9. The first-order valence-electron chi connectivity index (χ1n) is 11.6. The SMILES string of the molecule is CC(C)c1ccc(NC(=O)C(=O)NCCCc2ccc(N3CCCCCC3)cc2)cc1. The molecule has 1 fully saturated rings. The smallest absolute Gasteiger partial charge is 0.313 e. The highest BCUT2D eigenvalue weighted by molar-refractivity contribution is 6.39. The summed E-state index contributed by atoms with van der Waals surface area (Å²) in [6, 6.07) is 16.4. The summed E-state index contributed by atoms with van der Waals surface area (Å²) in [7, 11) is 0. The van der Waals surface area contributed by atoms with Gasteiger partial charge in [0.15, 0.2) is 0 Å². The van der Waals surface area contributed by atoms with E-state index in [9.17, 15) is 9.59 Å². The molecule has 5 nitrogen and oxygen atoms in total. The Labute approximate surface area is 186 Å². The van der Waals surface area contributed by atoms with Gasteiger partial charge in [0.05, 0.1) is 0 Å². The van der Waals surface area contributed by atoms with Gasteiger partial charge >= 0.3 is 11.8 Å². The minimum Gasteiger partial charge on any atom is -0.372 e. The maximum absolute atomic E-state index is 12.1. The molecule has 2 aromatic rings. The van der Waals surface area contributed by atoms with E-state index in [0.717, 1.165) is 25.9 Å². The average molecular weight is 422 g/mol. The van der Waals surface area contributed by atoms with E-state index < -0.39 is 11.8 Å². The fourth-order valence-electron chi connectivity index (χ4n) is 3.92. The number of nitrogens with zero attached hydrogens (tertiary/aromatic N) is 1. The topological polar surface area (TPSA) is 61.4 Å². The molecule has 1 heterocycles. The van der Waals surface area contributed by atoms with Crippen LogP contribution in [0.3, 0.4) is 0 Å². The molecule has 0 aromatic heterocycles. The Hall–Kier alpha value is -2.82. The second kappa shape index (κ2) is 11.5. The molecular weight excluding hydrogens is 386 g/mol. The summed E-state index contributed by atoms with van der Waals surface area (Å²) in [5, 5.41) is 5.37. The first-order chi connectivity index (χ1) is 15.0. The first-order valence-corrected chi connectivity index (χ1v) is 11.6. The average Bonchev–Trinajstić information content (AvgIpc) is 3.07. The van der Waals surface area contributed by atoms with E-state index in [1.165, 1.54) is 42.5 Å². The molecular formula is C26H35N3O2. The van der Waals surface area contributed by atoms with E-state index in [0.29, 0.717) is 18.2 Å². The van der Waals surface area contributed by atoms with Crippen molar-refractivity contribution in [3.05, 3.63) is 59.7 Å². The number of hydrogen-bond donors (Lipinski definition) is 2. The Bertz CT molecular complexity index is 836. The second-order valence-corrected chi connectivity index (χ2v) is 8.66. The third kappa shape index (κ3) is 7.12. The van der Waals surface area contributed by atoms with Crippen LogP contribution in [0.25, 0.3) is 0 Å². The Morgan fingerprint density at radius 2 is 1.52 bits per heavy atom. The summed E-state index contributed by atoms with van der Waals surface area (Å²) < 4.78 is 0. The molecule has 3 rings (SSSR count). The largest absolute Gasteiger partial charge is 0.372 e. The third-order valence-electron chi connectivity index (χ3n) is 5.88. The van der Waals surface area contributed by atoms with Crippen LogP contribution in [0.4, 0.5) is 11.4 Å². The lowest BCUT2D eigenvalue weighted by Crippen LogP contribution is -2.36. The molecule has 0 bridgehead atoms. The minimum absolute atomic E-state index is 0.429. The standard InChI is InChI=1S/C26H35N3O2/c1-20(2)22-11-13-23(14-12-22)28-26(31)25(30)27-17-7-8-21-9-15-24(16-10-21)29-18-5-3-4-6-19-29/h9-16,20H,3-8,17-19H2,1-2H3,(H,27,30)(H,28,31). The molecule has 0 unspecified atom stereocenters. The zero-order chi connectivity index (χ0) is 22.1. The van der Waals surface area contributed by atoms with Gasteiger partial charge in [0.25, 0.3) is 0 Å². The van der Waals surface area contributed by atoms with E-state index >= 15 is 0 Å². The molecule has 2 aromatic carbocycles. The van der Waals surface area contributed by atoms with Crippen molar-refractivity contribution in [2.75, 3.05) is 29.9 Å². The van der Waals surface area contributed by atoms with Crippen molar-refractivity contribution in [3.63, 3.8) is 0 Å². The molecule has 2 amide bonds. The van der Waals surface area contributed by atoms with E-state index in [2.05, 4.69) is 53.6 Å².